The lowest BCUT2D eigenvalue weighted by Crippen LogP contribution is -2.20. The third kappa shape index (κ3) is 12.6. The molecule has 1 heterocycles. The van der Waals surface area contributed by atoms with Crippen LogP contribution in [0.1, 0.15) is 13.8 Å². The van der Waals surface area contributed by atoms with Gasteiger partial charge in [0, 0.05) is 5.41 Å². The van der Waals surface area contributed by atoms with Crippen LogP contribution in [-0.4, -0.2) is 56.1 Å². The summed E-state index contributed by atoms with van der Waals surface area (Å²) >= 11 is 0. The van der Waals surface area contributed by atoms with Crippen molar-refractivity contribution in [2.75, 3.05) is 30.4 Å². The van der Waals surface area contributed by atoms with Gasteiger partial charge in [0.25, 0.3) is 0 Å². The van der Waals surface area contributed by atoms with Gasteiger partial charge in [0.2, 0.25) is 17.8 Å². The second-order valence-electron chi connectivity index (χ2n) is 4.01. The second kappa shape index (κ2) is 10.3. The van der Waals surface area contributed by atoms with Crippen LogP contribution < -0.4 is 17.2 Å². The molecule has 1 rings (SSSR count). The van der Waals surface area contributed by atoms with Gasteiger partial charge in [0.1, 0.15) is 0 Å². The molecular formula is C8H20BN6O4. The maximum Gasteiger partial charge on any atom is 0.482 e. The molecule has 0 aliphatic rings. The van der Waals surface area contributed by atoms with E-state index in [1.807, 2.05) is 0 Å². The molecule has 109 valence electrons. The minimum Gasteiger partial charge on any atom is -0.429 e. The molecule has 1 aromatic rings. The summed E-state index contributed by atoms with van der Waals surface area (Å²) in [4.78, 5) is 10.5. The van der Waals surface area contributed by atoms with E-state index in [1.54, 1.807) is 13.8 Å². The van der Waals surface area contributed by atoms with Gasteiger partial charge in [-0.05, 0) is 0 Å². The van der Waals surface area contributed by atoms with Crippen LogP contribution in [0.3, 0.4) is 0 Å². The minimum atomic E-state index is -0.306. The van der Waals surface area contributed by atoms with Gasteiger partial charge in [-0.1, -0.05) is 13.8 Å². The van der Waals surface area contributed by atoms with Crippen LogP contribution in [0, 0.1) is 5.41 Å². The van der Waals surface area contributed by atoms with Gasteiger partial charge in [0.05, 0.1) is 13.2 Å². The standard InChI is InChI=1S/C5H12O2.C3H6N6.BH2O2/c1-5(2,3-6)4-7;4-1-7-2(5)9-3(6)8-1;2-1-3/h6-7H,3-4H2,1-2H3;(H6,4,5,6,7,8,9);2-3H. The van der Waals surface area contributed by atoms with Crippen molar-refractivity contribution >= 4 is 25.5 Å². The molecule has 0 atom stereocenters. The number of rotatable bonds is 2. The molecule has 0 aromatic carbocycles. The number of nitrogens with zero attached hydrogens (tertiary/aromatic N) is 3. The van der Waals surface area contributed by atoms with Gasteiger partial charge in [-0.15, -0.1) is 0 Å². The topological polar surface area (TPSA) is 198 Å². The van der Waals surface area contributed by atoms with E-state index in [1.165, 1.54) is 0 Å². The highest BCUT2D eigenvalue weighted by Gasteiger charge is 2.13. The van der Waals surface area contributed by atoms with Crippen molar-refractivity contribution in [1.82, 2.24) is 15.0 Å². The van der Waals surface area contributed by atoms with Gasteiger partial charge in [-0.25, -0.2) is 0 Å². The maximum atomic E-state index is 8.43. The van der Waals surface area contributed by atoms with Gasteiger partial charge in [-0.3, -0.25) is 0 Å². The molecule has 10 N–H and O–H groups in total. The zero-order chi connectivity index (χ0) is 15.5. The first-order valence-electron chi connectivity index (χ1n) is 5.06. The summed E-state index contributed by atoms with van der Waals surface area (Å²) in [5, 5.41) is 30.9. The highest BCUT2D eigenvalue weighted by Crippen LogP contribution is 2.10. The Balaban J connectivity index is 0. The second-order valence-corrected chi connectivity index (χ2v) is 4.01. The molecule has 1 radical (unpaired) electrons. The first-order valence-corrected chi connectivity index (χ1v) is 5.06. The smallest absolute Gasteiger partial charge is 0.429 e. The zero-order valence-corrected chi connectivity index (χ0v) is 10.9. The van der Waals surface area contributed by atoms with E-state index in [-0.39, 0.29) is 44.2 Å². The summed E-state index contributed by atoms with van der Waals surface area (Å²) in [5.74, 6) is 0.125. The predicted molar refractivity (Wildman–Crippen MR) is 71.2 cm³/mol. The number of aliphatic hydroxyl groups excluding tert-OH is 2. The summed E-state index contributed by atoms with van der Waals surface area (Å²) in [6.45, 7) is 3.69. The van der Waals surface area contributed by atoms with Crippen molar-refractivity contribution in [1.29, 1.82) is 0 Å². The molecule has 0 saturated carbocycles. The number of hydrogen-bond acceptors (Lipinski definition) is 10. The Labute approximate surface area is 111 Å². The maximum absolute atomic E-state index is 8.43. The highest BCUT2D eigenvalue weighted by molar-refractivity contribution is 6.13. The normalized spacial score (nSPS) is 9.58. The van der Waals surface area contributed by atoms with Crippen molar-refractivity contribution in [2.45, 2.75) is 13.8 Å². The quantitative estimate of drug-likeness (QED) is 0.275. The van der Waals surface area contributed by atoms with Gasteiger partial charge in [-0.2, -0.15) is 15.0 Å². The van der Waals surface area contributed by atoms with Crippen molar-refractivity contribution in [3.63, 3.8) is 0 Å². The lowest BCUT2D eigenvalue weighted by molar-refractivity contribution is 0.0857. The third-order valence-electron chi connectivity index (χ3n) is 1.54. The number of anilines is 3. The Morgan fingerprint density at radius 1 is 0.895 bits per heavy atom. The van der Waals surface area contributed by atoms with Gasteiger partial charge >= 0.3 is 7.69 Å². The van der Waals surface area contributed by atoms with Gasteiger partial charge in [0.15, 0.2) is 0 Å². The fourth-order valence-electron chi connectivity index (χ4n) is 0.477. The van der Waals surface area contributed by atoms with E-state index in [0.717, 1.165) is 0 Å². The van der Waals surface area contributed by atoms with Crippen molar-refractivity contribution in [3.05, 3.63) is 0 Å². The molecule has 19 heavy (non-hydrogen) atoms. The van der Waals surface area contributed by atoms with Crippen LogP contribution in [-0.2, 0) is 0 Å². The number of hydrogen-bond donors (Lipinski definition) is 7. The summed E-state index contributed by atoms with van der Waals surface area (Å²) in [5.41, 5.74) is 15.1. The largest absolute Gasteiger partial charge is 0.482 e. The van der Waals surface area contributed by atoms with Crippen LogP contribution in [0.4, 0.5) is 17.8 Å². The lowest BCUT2D eigenvalue weighted by atomic mass is 9.97. The Kier molecular flexibility index (Phi) is 10.6. The molecule has 0 aliphatic carbocycles. The van der Waals surface area contributed by atoms with Crippen molar-refractivity contribution in [3.8, 4) is 0 Å². The first kappa shape index (κ1) is 19.6. The Morgan fingerprint density at radius 3 is 1.21 bits per heavy atom. The molecule has 0 aliphatic heterocycles. The summed E-state index contributed by atoms with van der Waals surface area (Å²) in [6, 6.07) is 0. The summed E-state index contributed by atoms with van der Waals surface area (Å²) in [7, 11) is 0. The van der Waals surface area contributed by atoms with Crippen molar-refractivity contribution in [2.24, 2.45) is 5.41 Å². The molecule has 11 heteroatoms. The van der Waals surface area contributed by atoms with Gasteiger partial charge < -0.3 is 37.5 Å². The van der Waals surface area contributed by atoms with E-state index >= 15 is 0 Å². The average molecular weight is 275 g/mol. The monoisotopic (exact) mass is 275 g/mol. The molecule has 0 bridgehead atoms. The molecule has 0 spiro atoms. The number of nitrogen functional groups attached to an aromatic ring is 3. The van der Waals surface area contributed by atoms with Crippen LogP contribution in [0.5, 0.6) is 0 Å². The van der Waals surface area contributed by atoms with Crippen LogP contribution >= 0.6 is 0 Å². The minimum absolute atomic E-state index is 0. The van der Waals surface area contributed by atoms with E-state index in [9.17, 15) is 0 Å². The van der Waals surface area contributed by atoms with Crippen LogP contribution in [0.2, 0.25) is 0 Å². The van der Waals surface area contributed by atoms with E-state index in [0.29, 0.717) is 0 Å². The molecular weight excluding hydrogens is 255 g/mol. The molecule has 0 saturated heterocycles. The SMILES string of the molecule is CC(C)(CO)CO.Nc1nc(N)nc(N)n1.O[B]O. The van der Waals surface area contributed by atoms with Crippen LogP contribution in [0.25, 0.3) is 0 Å². The first-order chi connectivity index (χ1) is 8.72. The fraction of sp³-hybridized carbons (Fsp3) is 0.625. The molecule has 10 nitrogen and oxygen atoms in total. The number of nitrogens with two attached hydrogens (primary N) is 3. The molecule has 0 fully saturated rings. The Hall–Kier alpha value is -1.69. The van der Waals surface area contributed by atoms with E-state index in [2.05, 4.69) is 15.0 Å². The lowest BCUT2D eigenvalue weighted by Gasteiger charge is -2.16. The van der Waals surface area contributed by atoms with E-state index in [4.69, 9.17) is 37.5 Å². The zero-order valence-electron chi connectivity index (χ0n) is 10.9. The number of aliphatic hydroxyl groups is 2. The third-order valence-corrected chi connectivity index (χ3v) is 1.54. The van der Waals surface area contributed by atoms with Crippen molar-refractivity contribution < 1.29 is 20.3 Å². The summed E-state index contributed by atoms with van der Waals surface area (Å²) in [6.07, 6.45) is 0. The molecule has 0 unspecified atom stereocenters. The average Bonchev–Trinajstić information content (AvgIpc) is 2.29. The Bertz CT molecular complexity index is 298. The Morgan fingerprint density at radius 2 is 1.11 bits per heavy atom. The molecule has 0 amide bonds. The number of aromatic nitrogens is 3. The molecule has 1 aromatic heterocycles. The van der Waals surface area contributed by atoms with E-state index < -0.39 is 0 Å². The van der Waals surface area contributed by atoms with Crippen LogP contribution in [0.15, 0.2) is 0 Å². The highest BCUT2D eigenvalue weighted by atomic mass is 16.4. The predicted octanol–water partition coefficient (Wildman–Crippen LogP) is -2.88. The summed E-state index contributed by atoms with van der Waals surface area (Å²) < 4.78 is 0. The fourth-order valence-corrected chi connectivity index (χ4v) is 0.477.